The highest BCUT2D eigenvalue weighted by atomic mass is 35.5. The Bertz CT molecular complexity index is 712. The van der Waals surface area contributed by atoms with Crippen LogP contribution in [0.15, 0.2) is 53.5 Å². The van der Waals surface area contributed by atoms with Gasteiger partial charge in [-0.3, -0.25) is 9.79 Å². The SMILES string of the molecule is CC(=Nc1ccc(Cl)cc1C(=O)c1ccccc1)C(C)(C)C. The third-order valence-electron chi connectivity index (χ3n) is 3.61. The van der Waals surface area contributed by atoms with E-state index in [9.17, 15) is 4.79 Å². The molecule has 0 saturated heterocycles. The maximum Gasteiger partial charge on any atom is 0.195 e. The lowest BCUT2D eigenvalue weighted by Crippen LogP contribution is -2.16. The van der Waals surface area contributed by atoms with E-state index in [1.54, 1.807) is 30.3 Å². The molecule has 0 saturated carbocycles. The molecule has 114 valence electrons. The summed E-state index contributed by atoms with van der Waals surface area (Å²) < 4.78 is 0. The quantitative estimate of drug-likeness (QED) is 0.527. The average Bonchev–Trinajstić information content (AvgIpc) is 2.48. The molecule has 2 aromatic carbocycles. The molecule has 3 heteroatoms. The van der Waals surface area contributed by atoms with E-state index in [0.29, 0.717) is 21.8 Å². The van der Waals surface area contributed by atoms with Crippen LogP contribution in [-0.4, -0.2) is 11.5 Å². The number of carbonyl (C=O) groups excluding carboxylic acids is 1. The highest BCUT2D eigenvalue weighted by Gasteiger charge is 2.18. The first-order chi connectivity index (χ1) is 10.3. The van der Waals surface area contributed by atoms with Crippen LogP contribution < -0.4 is 0 Å². The first kappa shape index (κ1) is 16.4. The number of ketones is 1. The van der Waals surface area contributed by atoms with Crippen molar-refractivity contribution in [2.24, 2.45) is 10.4 Å². The molecule has 0 aliphatic carbocycles. The Kier molecular flexibility index (Phi) is 4.82. The van der Waals surface area contributed by atoms with Gasteiger partial charge in [0, 0.05) is 21.9 Å². The van der Waals surface area contributed by atoms with E-state index in [-0.39, 0.29) is 11.2 Å². The lowest BCUT2D eigenvalue weighted by molar-refractivity contribution is 0.103. The highest BCUT2D eigenvalue weighted by molar-refractivity contribution is 6.31. The van der Waals surface area contributed by atoms with Gasteiger partial charge in [0.15, 0.2) is 5.78 Å². The molecule has 2 aromatic rings. The van der Waals surface area contributed by atoms with Gasteiger partial charge in [-0.2, -0.15) is 0 Å². The van der Waals surface area contributed by atoms with Gasteiger partial charge in [0.25, 0.3) is 0 Å². The summed E-state index contributed by atoms with van der Waals surface area (Å²) in [4.78, 5) is 17.4. The molecule has 0 heterocycles. The first-order valence-corrected chi connectivity index (χ1v) is 7.62. The van der Waals surface area contributed by atoms with Gasteiger partial charge in [-0.15, -0.1) is 0 Å². The topological polar surface area (TPSA) is 29.4 Å². The Labute approximate surface area is 136 Å². The van der Waals surface area contributed by atoms with Crippen molar-refractivity contribution >= 4 is 28.8 Å². The number of benzene rings is 2. The maximum atomic E-state index is 12.7. The molecule has 0 aliphatic heterocycles. The van der Waals surface area contributed by atoms with Crippen molar-refractivity contribution in [3.05, 3.63) is 64.7 Å². The molecule has 0 spiro atoms. The van der Waals surface area contributed by atoms with Crippen LogP contribution in [0.1, 0.15) is 43.6 Å². The van der Waals surface area contributed by atoms with Crippen molar-refractivity contribution in [2.45, 2.75) is 27.7 Å². The zero-order valence-corrected chi connectivity index (χ0v) is 14.1. The van der Waals surface area contributed by atoms with Crippen LogP contribution in [0.4, 0.5) is 5.69 Å². The van der Waals surface area contributed by atoms with E-state index in [0.717, 1.165) is 5.71 Å². The average molecular weight is 314 g/mol. The van der Waals surface area contributed by atoms with Crippen LogP contribution in [-0.2, 0) is 0 Å². The van der Waals surface area contributed by atoms with Crippen LogP contribution in [0, 0.1) is 5.41 Å². The van der Waals surface area contributed by atoms with Crippen LogP contribution >= 0.6 is 11.6 Å². The second kappa shape index (κ2) is 6.45. The zero-order valence-electron chi connectivity index (χ0n) is 13.4. The minimum Gasteiger partial charge on any atom is -0.289 e. The number of halogens is 1. The van der Waals surface area contributed by atoms with Crippen LogP contribution in [0.25, 0.3) is 0 Å². The largest absolute Gasteiger partial charge is 0.289 e. The summed E-state index contributed by atoms with van der Waals surface area (Å²) in [6, 6.07) is 14.4. The first-order valence-electron chi connectivity index (χ1n) is 7.24. The number of nitrogens with zero attached hydrogens (tertiary/aromatic N) is 1. The lowest BCUT2D eigenvalue weighted by atomic mass is 9.91. The van der Waals surface area contributed by atoms with E-state index in [2.05, 4.69) is 25.8 Å². The zero-order chi connectivity index (χ0) is 16.3. The number of carbonyl (C=O) groups is 1. The summed E-state index contributed by atoms with van der Waals surface area (Å²) >= 11 is 6.07. The van der Waals surface area contributed by atoms with Crippen molar-refractivity contribution in [2.75, 3.05) is 0 Å². The minimum atomic E-state index is -0.0661. The third-order valence-corrected chi connectivity index (χ3v) is 3.85. The van der Waals surface area contributed by atoms with Crippen molar-refractivity contribution in [3.63, 3.8) is 0 Å². The van der Waals surface area contributed by atoms with E-state index >= 15 is 0 Å². The monoisotopic (exact) mass is 313 g/mol. The maximum absolute atomic E-state index is 12.7. The van der Waals surface area contributed by atoms with Crippen LogP contribution in [0.3, 0.4) is 0 Å². The summed E-state index contributed by atoms with van der Waals surface area (Å²) in [5.74, 6) is -0.0661. The Morgan fingerprint density at radius 2 is 1.68 bits per heavy atom. The standard InChI is InChI=1S/C19H20ClNO/c1-13(19(2,3)4)21-17-11-10-15(20)12-16(17)18(22)14-8-6-5-7-9-14/h5-12H,1-4H3. The summed E-state index contributed by atoms with van der Waals surface area (Å²) in [6.45, 7) is 8.27. The Balaban J connectivity index is 2.52. The number of hydrogen-bond donors (Lipinski definition) is 0. The van der Waals surface area contributed by atoms with Gasteiger partial charge in [-0.1, -0.05) is 62.7 Å². The van der Waals surface area contributed by atoms with Crippen molar-refractivity contribution < 1.29 is 4.79 Å². The molecule has 0 fully saturated rings. The van der Waals surface area contributed by atoms with Gasteiger partial charge < -0.3 is 0 Å². The van der Waals surface area contributed by atoms with Crippen LogP contribution in [0.5, 0.6) is 0 Å². The molecule has 2 rings (SSSR count). The van der Waals surface area contributed by atoms with Gasteiger partial charge in [0.1, 0.15) is 0 Å². The summed E-state index contributed by atoms with van der Waals surface area (Å²) in [5, 5.41) is 0.534. The number of aliphatic imine (C=N–C) groups is 1. The smallest absolute Gasteiger partial charge is 0.195 e. The summed E-state index contributed by atoms with van der Waals surface area (Å²) in [6.07, 6.45) is 0. The molecule has 0 unspecified atom stereocenters. The third kappa shape index (κ3) is 3.83. The van der Waals surface area contributed by atoms with Gasteiger partial charge >= 0.3 is 0 Å². The predicted octanol–water partition coefficient (Wildman–Crippen LogP) is 5.71. The van der Waals surface area contributed by atoms with Gasteiger partial charge in [0.05, 0.1) is 5.69 Å². The second-order valence-electron chi connectivity index (χ2n) is 6.30. The molecule has 22 heavy (non-hydrogen) atoms. The number of rotatable bonds is 3. The molecular formula is C19H20ClNO. The summed E-state index contributed by atoms with van der Waals surface area (Å²) in [5.41, 5.74) is 2.74. The molecule has 0 amide bonds. The minimum absolute atomic E-state index is 0.0489. The molecule has 0 aliphatic rings. The van der Waals surface area contributed by atoms with Gasteiger partial charge in [-0.25, -0.2) is 0 Å². The highest BCUT2D eigenvalue weighted by Crippen LogP contribution is 2.28. The Hall–Kier alpha value is -1.93. The lowest BCUT2D eigenvalue weighted by Gasteiger charge is -2.18. The predicted molar refractivity (Wildman–Crippen MR) is 93.6 cm³/mol. The molecule has 0 N–H and O–H groups in total. The van der Waals surface area contributed by atoms with Crippen molar-refractivity contribution in [1.82, 2.24) is 0 Å². The van der Waals surface area contributed by atoms with Gasteiger partial charge in [0.2, 0.25) is 0 Å². The van der Waals surface area contributed by atoms with Crippen molar-refractivity contribution in [3.8, 4) is 0 Å². The van der Waals surface area contributed by atoms with Crippen molar-refractivity contribution in [1.29, 1.82) is 0 Å². The molecular weight excluding hydrogens is 294 g/mol. The Morgan fingerprint density at radius 1 is 1.05 bits per heavy atom. The van der Waals surface area contributed by atoms with E-state index in [1.165, 1.54) is 0 Å². The fourth-order valence-corrected chi connectivity index (χ4v) is 2.05. The van der Waals surface area contributed by atoms with Gasteiger partial charge in [-0.05, 0) is 30.5 Å². The molecule has 0 bridgehead atoms. The molecule has 2 nitrogen and oxygen atoms in total. The normalized spacial score (nSPS) is 12.3. The summed E-state index contributed by atoms with van der Waals surface area (Å²) in [7, 11) is 0. The molecule has 0 aromatic heterocycles. The fraction of sp³-hybridized carbons (Fsp3) is 0.263. The van der Waals surface area contributed by atoms with E-state index in [1.807, 2.05) is 25.1 Å². The Morgan fingerprint density at radius 3 is 2.27 bits per heavy atom. The molecule has 0 atom stereocenters. The van der Waals surface area contributed by atoms with Crippen LogP contribution in [0.2, 0.25) is 5.02 Å². The van der Waals surface area contributed by atoms with E-state index < -0.39 is 0 Å². The van der Waals surface area contributed by atoms with E-state index in [4.69, 9.17) is 11.6 Å². The second-order valence-corrected chi connectivity index (χ2v) is 6.74. The fourth-order valence-electron chi connectivity index (χ4n) is 1.88. The number of hydrogen-bond acceptors (Lipinski definition) is 2. The molecule has 0 radical (unpaired) electrons.